The molecule has 0 unspecified atom stereocenters. The maximum atomic E-state index is 3.30. The molecule has 0 fully saturated rings. The number of hydrogen-bond donors (Lipinski definition) is 2. The minimum atomic E-state index is -0.0488. The van der Waals surface area contributed by atoms with Crippen LogP contribution in [0.25, 0.3) is 0 Å². The molecular weight excluding hydrogens is 451 g/mol. The van der Waals surface area contributed by atoms with E-state index >= 15 is 0 Å². The summed E-state index contributed by atoms with van der Waals surface area (Å²) in [6.45, 7) is 0. The monoisotopic (exact) mass is 472 g/mol. The first-order valence-electron chi connectivity index (χ1n) is 5.72. The molecule has 0 aliphatic carbocycles. The van der Waals surface area contributed by atoms with Gasteiger partial charge in [-0.2, -0.15) is 0 Å². The van der Waals surface area contributed by atoms with Gasteiger partial charge >= 0.3 is 126 Å². The van der Waals surface area contributed by atoms with Crippen LogP contribution in [0.5, 0.6) is 0 Å². The van der Waals surface area contributed by atoms with Crippen LogP contribution in [0.15, 0.2) is 48.5 Å². The van der Waals surface area contributed by atoms with Gasteiger partial charge in [0.15, 0.2) is 0 Å². The number of para-hydroxylation sites is 1. The first kappa shape index (κ1) is 14.0. The van der Waals surface area contributed by atoms with Crippen LogP contribution >= 0.6 is 0 Å². The van der Waals surface area contributed by atoms with Gasteiger partial charge in [0.2, 0.25) is 0 Å². The Morgan fingerprint density at radius 3 is 2.44 bits per heavy atom. The molecule has 0 heterocycles. The average Bonchev–Trinajstić information content (AvgIpc) is 2.45. The second kappa shape index (κ2) is 7.27. The molecule has 0 aliphatic heterocycles. The van der Waals surface area contributed by atoms with Crippen molar-refractivity contribution in [3.8, 4) is 0 Å². The average molecular weight is 467 g/mol. The molecule has 0 saturated heterocycles. The van der Waals surface area contributed by atoms with Gasteiger partial charge in [-0.05, 0) is 0 Å². The first-order valence-corrected chi connectivity index (χ1v) is 15.4. The fraction of sp³-hybridized carbons (Fsp3) is 0.143. The van der Waals surface area contributed by atoms with Gasteiger partial charge in [0, 0.05) is 0 Å². The van der Waals surface area contributed by atoms with E-state index in [2.05, 4.69) is 59.2 Å². The summed E-state index contributed by atoms with van der Waals surface area (Å²) < 4.78 is 3.11. The molecular formula is C14H16N2Te2. The van der Waals surface area contributed by atoms with E-state index in [1.807, 2.05) is 14.1 Å². The number of benzene rings is 2. The Bertz CT molecular complexity index is 515. The molecule has 0 atom stereocenters. The third kappa shape index (κ3) is 3.81. The van der Waals surface area contributed by atoms with Crippen LogP contribution in [-0.4, -0.2) is 48.2 Å². The molecule has 0 amide bonds. The zero-order valence-electron chi connectivity index (χ0n) is 10.4. The molecule has 2 aromatic rings. The predicted octanol–water partition coefficient (Wildman–Crippen LogP) is 1.04. The Balaban J connectivity index is 2.06. The van der Waals surface area contributed by atoms with Crippen molar-refractivity contribution in [1.29, 1.82) is 0 Å². The van der Waals surface area contributed by atoms with E-state index in [9.17, 15) is 0 Å². The van der Waals surface area contributed by atoms with Crippen molar-refractivity contribution in [3.63, 3.8) is 0 Å². The quantitative estimate of drug-likeness (QED) is 0.643. The topological polar surface area (TPSA) is 24.1 Å². The van der Waals surface area contributed by atoms with Crippen molar-refractivity contribution in [1.82, 2.24) is 0 Å². The Morgan fingerprint density at radius 1 is 0.833 bits per heavy atom. The Hall–Kier alpha value is -0.381. The fourth-order valence-electron chi connectivity index (χ4n) is 1.54. The normalized spacial score (nSPS) is 10.1. The van der Waals surface area contributed by atoms with Gasteiger partial charge in [0.1, 0.15) is 0 Å². The van der Waals surface area contributed by atoms with Crippen molar-refractivity contribution >= 4 is 52.7 Å². The van der Waals surface area contributed by atoms with E-state index in [1.165, 1.54) is 11.4 Å². The summed E-state index contributed by atoms with van der Waals surface area (Å²) in [5.74, 6) is 0. The van der Waals surface area contributed by atoms with E-state index in [1.54, 1.807) is 7.22 Å². The third-order valence-electron chi connectivity index (χ3n) is 2.51. The summed E-state index contributed by atoms with van der Waals surface area (Å²) in [5.41, 5.74) is 2.54. The van der Waals surface area contributed by atoms with Crippen LogP contribution in [0.2, 0.25) is 0 Å². The number of nitrogens with one attached hydrogen (secondary N) is 2. The zero-order valence-corrected chi connectivity index (χ0v) is 15.1. The Morgan fingerprint density at radius 2 is 1.67 bits per heavy atom. The molecule has 94 valence electrons. The van der Waals surface area contributed by atoms with Gasteiger partial charge in [-0.15, -0.1) is 0 Å². The van der Waals surface area contributed by atoms with E-state index in [-0.39, 0.29) is 34.1 Å². The van der Waals surface area contributed by atoms with Gasteiger partial charge in [0.05, 0.1) is 0 Å². The molecule has 2 aromatic carbocycles. The molecule has 4 heteroatoms. The molecule has 0 spiro atoms. The van der Waals surface area contributed by atoms with Crippen molar-refractivity contribution in [2.24, 2.45) is 0 Å². The molecule has 0 aromatic heterocycles. The molecule has 2 rings (SSSR count). The summed E-state index contributed by atoms with van der Waals surface area (Å²) in [4.78, 5) is 0. The van der Waals surface area contributed by atoms with E-state index in [4.69, 9.17) is 0 Å². The van der Waals surface area contributed by atoms with Crippen molar-refractivity contribution < 1.29 is 0 Å². The van der Waals surface area contributed by atoms with Gasteiger partial charge in [-0.25, -0.2) is 0 Å². The third-order valence-corrected chi connectivity index (χ3v) is 14.3. The van der Waals surface area contributed by atoms with E-state index < -0.39 is 0 Å². The van der Waals surface area contributed by atoms with Gasteiger partial charge in [0.25, 0.3) is 0 Å². The summed E-state index contributed by atoms with van der Waals surface area (Å²) in [7, 11) is 3.99. The standard InChI is InChI=1S/C14H16N2Te2/c1-15-11-6-5-7-12(10-11)17-18-14-9-4-3-8-13(14)16-2/h3-10,15-16H,1-2H3. The SMILES string of the molecule is CNc1cccc([Te][Te]c2ccccc2NC)c1. The molecule has 2 N–H and O–H groups in total. The summed E-state index contributed by atoms with van der Waals surface area (Å²) in [6, 6.07) is 17.6. The fourth-order valence-corrected chi connectivity index (χ4v) is 12.4. The summed E-state index contributed by atoms with van der Waals surface area (Å²) in [5, 5.41) is 6.51. The van der Waals surface area contributed by atoms with Gasteiger partial charge < -0.3 is 0 Å². The molecule has 0 bridgehead atoms. The van der Waals surface area contributed by atoms with Gasteiger partial charge in [-0.3, -0.25) is 0 Å². The van der Waals surface area contributed by atoms with Crippen LogP contribution in [0, 0.1) is 0 Å². The maximum absolute atomic E-state index is 3.30. The Labute approximate surface area is 125 Å². The molecule has 0 saturated carbocycles. The summed E-state index contributed by atoms with van der Waals surface area (Å²) in [6.07, 6.45) is 0. The first-order chi connectivity index (χ1) is 8.83. The van der Waals surface area contributed by atoms with Crippen LogP contribution in [0.1, 0.15) is 0 Å². The van der Waals surface area contributed by atoms with Crippen LogP contribution in [0.4, 0.5) is 11.4 Å². The van der Waals surface area contributed by atoms with E-state index in [0.717, 1.165) is 0 Å². The molecule has 0 aliphatic rings. The minimum absolute atomic E-state index is 0.0370. The zero-order chi connectivity index (χ0) is 12.8. The van der Waals surface area contributed by atoms with Crippen LogP contribution < -0.4 is 17.9 Å². The second-order valence-electron chi connectivity index (χ2n) is 3.69. The molecule has 2 nitrogen and oxygen atoms in total. The molecule has 0 radical (unpaired) electrons. The van der Waals surface area contributed by atoms with Crippen molar-refractivity contribution in [3.05, 3.63) is 48.5 Å². The van der Waals surface area contributed by atoms with Crippen LogP contribution in [0.3, 0.4) is 0 Å². The number of rotatable bonds is 5. The van der Waals surface area contributed by atoms with Crippen molar-refractivity contribution in [2.75, 3.05) is 24.7 Å². The summed E-state index contributed by atoms with van der Waals surface area (Å²) >= 11 is -0.0858. The molecule has 18 heavy (non-hydrogen) atoms. The van der Waals surface area contributed by atoms with Crippen LogP contribution in [-0.2, 0) is 0 Å². The van der Waals surface area contributed by atoms with E-state index in [0.29, 0.717) is 0 Å². The Kier molecular flexibility index (Phi) is 5.67. The second-order valence-corrected chi connectivity index (χ2v) is 13.6. The predicted molar refractivity (Wildman–Crippen MR) is 82.8 cm³/mol. The number of hydrogen-bond acceptors (Lipinski definition) is 2. The van der Waals surface area contributed by atoms with Crippen molar-refractivity contribution in [2.45, 2.75) is 0 Å². The number of anilines is 2. The van der Waals surface area contributed by atoms with Gasteiger partial charge in [-0.1, -0.05) is 0 Å².